The summed E-state index contributed by atoms with van der Waals surface area (Å²) in [6.45, 7) is 1.70. The van der Waals surface area contributed by atoms with Crippen molar-refractivity contribution in [3.8, 4) is 11.5 Å². The highest BCUT2D eigenvalue weighted by molar-refractivity contribution is 5.97. The van der Waals surface area contributed by atoms with Crippen molar-refractivity contribution in [3.63, 3.8) is 0 Å². The van der Waals surface area contributed by atoms with E-state index in [1.54, 1.807) is 30.3 Å². The third-order valence-corrected chi connectivity index (χ3v) is 3.30. The topological polar surface area (TPSA) is 87.0 Å². The smallest absolute Gasteiger partial charge is 0.346 e. The Morgan fingerprint density at radius 3 is 2.33 bits per heavy atom. The fourth-order valence-electron chi connectivity index (χ4n) is 2.06. The summed E-state index contributed by atoms with van der Waals surface area (Å²) in [7, 11) is 2.87. The Labute approximate surface area is 139 Å². The lowest BCUT2D eigenvalue weighted by atomic mass is 10.1. The summed E-state index contributed by atoms with van der Waals surface area (Å²) in [4.78, 5) is 24.4. The number of benzene rings is 1. The zero-order chi connectivity index (χ0) is 17.5. The number of furan rings is 1. The van der Waals surface area contributed by atoms with Crippen LogP contribution >= 0.6 is 0 Å². The Bertz CT molecular complexity index is 673. The maximum Gasteiger partial charge on any atom is 0.346 e. The highest BCUT2D eigenvalue weighted by Crippen LogP contribution is 2.29. The Morgan fingerprint density at radius 2 is 1.79 bits per heavy atom. The summed E-state index contributed by atoms with van der Waals surface area (Å²) >= 11 is 0. The van der Waals surface area contributed by atoms with Crippen LogP contribution in [0.15, 0.2) is 41.0 Å². The number of carbonyl (C=O) groups excluding carboxylic acids is 2. The van der Waals surface area contributed by atoms with Crippen molar-refractivity contribution in [1.29, 1.82) is 0 Å². The van der Waals surface area contributed by atoms with E-state index in [1.165, 1.54) is 27.4 Å². The second-order valence-corrected chi connectivity index (χ2v) is 4.88. The lowest BCUT2D eigenvalue weighted by Gasteiger charge is -2.16. The van der Waals surface area contributed by atoms with Crippen molar-refractivity contribution in [2.75, 3.05) is 14.2 Å². The van der Waals surface area contributed by atoms with E-state index >= 15 is 0 Å². The van der Waals surface area contributed by atoms with Crippen molar-refractivity contribution < 1.29 is 28.2 Å². The Kier molecular flexibility index (Phi) is 5.83. The number of ether oxygens (including phenoxy) is 3. The van der Waals surface area contributed by atoms with Gasteiger partial charge in [0.25, 0.3) is 5.91 Å². The largest absolute Gasteiger partial charge is 0.496 e. The molecule has 0 spiro atoms. The molecule has 2 aromatic rings. The minimum atomic E-state index is -0.984. The molecule has 1 aromatic heterocycles. The summed E-state index contributed by atoms with van der Waals surface area (Å²) in [6, 6.07) is 8.37. The van der Waals surface area contributed by atoms with Crippen molar-refractivity contribution >= 4 is 11.9 Å². The van der Waals surface area contributed by atoms with Gasteiger partial charge in [-0.05, 0) is 31.2 Å². The first-order chi connectivity index (χ1) is 11.6. The van der Waals surface area contributed by atoms with E-state index in [-0.39, 0.29) is 12.1 Å². The van der Waals surface area contributed by atoms with Crippen LogP contribution < -0.4 is 14.8 Å². The molecule has 0 saturated heterocycles. The van der Waals surface area contributed by atoms with Gasteiger partial charge in [-0.2, -0.15) is 0 Å². The highest BCUT2D eigenvalue weighted by Gasteiger charge is 2.24. The molecule has 128 valence electrons. The molecule has 7 nitrogen and oxygen atoms in total. The van der Waals surface area contributed by atoms with Crippen molar-refractivity contribution in [3.05, 3.63) is 47.9 Å². The number of carbonyl (C=O) groups is 2. The van der Waals surface area contributed by atoms with Crippen LogP contribution in [-0.2, 0) is 16.1 Å². The van der Waals surface area contributed by atoms with Gasteiger partial charge in [-0.1, -0.05) is 6.07 Å². The second-order valence-electron chi connectivity index (χ2n) is 4.88. The van der Waals surface area contributed by atoms with Crippen LogP contribution in [0.25, 0.3) is 0 Å². The maximum absolute atomic E-state index is 12.4. The molecule has 1 aromatic carbocycles. The lowest BCUT2D eigenvalue weighted by Crippen LogP contribution is -2.35. The van der Waals surface area contributed by atoms with Gasteiger partial charge in [0, 0.05) is 0 Å². The number of rotatable bonds is 7. The molecular formula is C17H19NO6. The Balaban J connectivity index is 2.02. The first-order valence-electron chi connectivity index (χ1n) is 7.29. The van der Waals surface area contributed by atoms with Crippen LogP contribution in [0.4, 0.5) is 0 Å². The zero-order valence-electron chi connectivity index (χ0n) is 13.7. The predicted molar refractivity (Wildman–Crippen MR) is 85.0 cm³/mol. The molecule has 0 unspecified atom stereocenters. The van der Waals surface area contributed by atoms with Gasteiger partial charge in [-0.15, -0.1) is 0 Å². The lowest BCUT2D eigenvalue weighted by molar-refractivity contribution is -0.129. The van der Waals surface area contributed by atoms with E-state index in [0.717, 1.165) is 0 Å². The van der Waals surface area contributed by atoms with Gasteiger partial charge < -0.3 is 23.9 Å². The van der Waals surface area contributed by atoms with Gasteiger partial charge in [0.15, 0.2) is 6.10 Å². The molecule has 0 bridgehead atoms. The third-order valence-electron chi connectivity index (χ3n) is 3.30. The predicted octanol–water partition coefficient (Wildman–Crippen LogP) is 2.16. The molecule has 1 heterocycles. The van der Waals surface area contributed by atoms with Crippen LogP contribution in [0.2, 0.25) is 0 Å². The van der Waals surface area contributed by atoms with Gasteiger partial charge in [-0.3, -0.25) is 4.79 Å². The molecule has 24 heavy (non-hydrogen) atoms. The molecule has 2 rings (SSSR count). The quantitative estimate of drug-likeness (QED) is 0.781. The van der Waals surface area contributed by atoms with Crippen LogP contribution in [0, 0.1) is 0 Å². The van der Waals surface area contributed by atoms with E-state index in [9.17, 15) is 9.59 Å². The van der Waals surface area contributed by atoms with Crippen molar-refractivity contribution in [2.24, 2.45) is 0 Å². The first kappa shape index (κ1) is 17.4. The monoisotopic (exact) mass is 333 g/mol. The van der Waals surface area contributed by atoms with Gasteiger partial charge in [0.05, 0.1) is 27.0 Å². The number of amides is 1. The number of esters is 1. The Hall–Kier alpha value is -2.96. The fraction of sp³-hybridized carbons (Fsp3) is 0.294. The number of nitrogens with one attached hydrogen (secondary N) is 1. The zero-order valence-corrected chi connectivity index (χ0v) is 13.7. The van der Waals surface area contributed by atoms with Gasteiger partial charge in [-0.25, -0.2) is 4.79 Å². The molecule has 0 radical (unpaired) electrons. The standard InChI is InChI=1S/C17H19NO6/c1-11(16(19)18-10-12-6-5-9-23-12)24-17(20)15-13(21-2)7-4-8-14(15)22-3/h4-9,11H,10H2,1-3H3,(H,18,19)/t11-/m0/s1. The summed E-state index contributed by atoms with van der Waals surface area (Å²) in [5.41, 5.74) is 0.133. The van der Waals surface area contributed by atoms with Crippen molar-refractivity contribution in [1.82, 2.24) is 5.32 Å². The van der Waals surface area contributed by atoms with E-state index in [2.05, 4.69) is 5.32 Å². The SMILES string of the molecule is COc1cccc(OC)c1C(=O)O[C@@H](C)C(=O)NCc1ccco1. The fourth-order valence-corrected chi connectivity index (χ4v) is 2.06. The first-order valence-corrected chi connectivity index (χ1v) is 7.29. The van der Waals surface area contributed by atoms with Crippen LogP contribution in [0.1, 0.15) is 23.0 Å². The number of hydrogen-bond donors (Lipinski definition) is 1. The van der Waals surface area contributed by atoms with E-state index in [1.807, 2.05) is 0 Å². The normalized spacial score (nSPS) is 11.5. The molecule has 1 N–H and O–H groups in total. The molecule has 0 fully saturated rings. The molecule has 0 aliphatic heterocycles. The number of hydrogen-bond acceptors (Lipinski definition) is 6. The maximum atomic E-state index is 12.4. The van der Waals surface area contributed by atoms with Crippen LogP contribution in [-0.4, -0.2) is 32.2 Å². The van der Waals surface area contributed by atoms with Crippen molar-refractivity contribution in [2.45, 2.75) is 19.6 Å². The molecule has 7 heteroatoms. The third kappa shape index (κ3) is 4.07. The molecule has 1 atom stereocenters. The average molecular weight is 333 g/mol. The minimum absolute atomic E-state index is 0.133. The molecule has 0 aliphatic rings. The average Bonchev–Trinajstić information content (AvgIpc) is 3.12. The van der Waals surface area contributed by atoms with E-state index < -0.39 is 18.0 Å². The summed E-state index contributed by atoms with van der Waals surface area (Å²) in [5.74, 6) is 0.0805. The van der Waals surface area contributed by atoms with Gasteiger partial charge in [0.2, 0.25) is 0 Å². The van der Waals surface area contributed by atoms with Crippen LogP contribution in [0.3, 0.4) is 0 Å². The summed E-state index contributed by atoms with van der Waals surface area (Å²) < 4.78 is 20.6. The molecular weight excluding hydrogens is 314 g/mol. The van der Waals surface area contributed by atoms with E-state index in [4.69, 9.17) is 18.6 Å². The number of methoxy groups -OCH3 is 2. The van der Waals surface area contributed by atoms with E-state index in [0.29, 0.717) is 17.3 Å². The molecule has 1 amide bonds. The second kappa shape index (κ2) is 8.05. The van der Waals surface area contributed by atoms with Crippen LogP contribution in [0.5, 0.6) is 11.5 Å². The van der Waals surface area contributed by atoms with Gasteiger partial charge >= 0.3 is 5.97 Å². The molecule has 0 saturated carbocycles. The highest BCUT2D eigenvalue weighted by atomic mass is 16.6. The van der Waals surface area contributed by atoms with Gasteiger partial charge in [0.1, 0.15) is 22.8 Å². The summed E-state index contributed by atoms with van der Waals surface area (Å²) in [5, 5.41) is 2.63. The summed E-state index contributed by atoms with van der Waals surface area (Å²) in [6.07, 6.45) is 0.529. The minimum Gasteiger partial charge on any atom is -0.496 e. The molecule has 0 aliphatic carbocycles. The Morgan fingerprint density at radius 1 is 1.12 bits per heavy atom.